The molecule has 21 heavy (non-hydrogen) atoms. The molecule has 4 heteroatoms. The van der Waals surface area contributed by atoms with Crippen LogP contribution in [0.2, 0.25) is 0 Å². The Morgan fingerprint density at radius 2 is 1.95 bits per heavy atom. The van der Waals surface area contributed by atoms with Crippen LogP contribution in [0.15, 0.2) is 30.3 Å². The van der Waals surface area contributed by atoms with E-state index in [4.69, 9.17) is 0 Å². The van der Waals surface area contributed by atoms with Gasteiger partial charge in [-0.15, -0.1) is 0 Å². The molecule has 1 saturated heterocycles. The highest BCUT2D eigenvalue weighted by atomic mass is 16.2. The van der Waals surface area contributed by atoms with Crippen molar-refractivity contribution >= 4 is 11.8 Å². The maximum Gasteiger partial charge on any atom is 0.245 e. The lowest BCUT2D eigenvalue weighted by molar-refractivity contribution is -0.133. The summed E-state index contributed by atoms with van der Waals surface area (Å²) in [4.78, 5) is 26.4. The van der Waals surface area contributed by atoms with Gasteiger partial charge in [-0.05, 0) is 23.8 Å². The van der Waals surface area contributed by atoms with E-state index < -0.39 is 6.04 Å². The van der Waals surface area contributed by atoms with Crippen LogP contribution in [0.5, 0.6) is 0 Å². The Bertz CT molecular complexity index is 529. The minimum absolute atomic E-state index is 0.0179. The molecule has 3 unspecified atom stereocenters. The van der Waals surface area contributed by atoms with Crippen LogP contribution in [-0.2, 0) is 16.0 Å². The number of carbonyl (C=O) groups is 2. The second kappa shape index (κ2) is 5.88. The highest BCUT2D eigenvalue weighted by molar-refractivity contribution is 5.90. The fraction of sp³-hybridized carbons (Fsp3) is 0.529. The molecule has 112 valence electrons. The minimum atomic E-state index is -0.420. The third-order valence-electron chi connectivity index (χ3n) is 4.57. The first-order valence-corrected chi connectivity index (χ1v) is 7.75. The Kier molecular flexibility index (Phi) is 3.95. The van der Waals surface area contributed by atoms with Crippen molar-refractivity contribution in [2.75, 3.05) is 13.1 Å². The molecule has 1 heterocycles. The lowest BCUT2D eigenvalue weighted by Crippen LogP contribution is -2.46. The average Bonchev–Trinajstić information content (AvgIpc) is 3.19. The highest BCUT2D eigenvalue weighted by Gasteiger charge is 2.37. The third-order valence-corrected chi connectivity index (χ3v) is 4.57. The van der Waals surface area contributed by atoms with Crippen molar-refractivity contribution < 1.29 is 9.59 Å². The molecule has 1 saturated carbocycles. The molecule has 0 aromatic heterocycles. The molecule has 0 radical (unpaired) electrons. The standard InChI is InChI=1S/C17H22N2O2/c1-12-9-14(12)11-19-8-7-16(20)18-15(17(19)21)10-13-5-3-2-4-6-13/h2-6,12,14-15H,7-11H2,1H3,(H,18,20). The van der Waals surface area contributed by atoms with Crippen LogP contribution in [-0.4, -0.2) is 35.8 Å². The van der Waals surface area contributed by atoms with Crippen molar-refractivity contribution in [3.8, 4) is 0 Å². The summed E-state index contributed by atoms with van der Waals surface area (Å²) in [5, 5.41) is 2.88. The molecule has 1 aliphatic carbocycles. The molecule has 0 spiro atoms. The monoisotopic (exact) mass is 286 g/mol. The van der Waals surface area contributed by atoms with E-state index in [2.05, 4.69) is 12.2 Å². The molecular weight excluding hydrogens is 264 g/mol. The van der Waals surface area contributed by atoms with E-state index in [1.54, 1.807) is 0 Å². The molecule has 4 nitrogen and oxygen atoms in total. The Morgan fingerprint density at radius 3 is 2.62 bits per heavy atom. The maximum atomic E-state index is 12.7. The second-order valence-corrected chi connectivity index (χ2v) is 6.32. The quantitative estimate of drug-likeness (QED) is 0.914. The van der Waals surface area contributed by atoms with Gasteiger partial charge in [0.05, 0.1) is 0 Å². The normalized spacial score (nSPS) is 29.0. The predicted octanol–water partition coefficient (Wildman–Crippen LogP) is 1.60. The minimum Gasteiger partial charge on any atom is -0.344 e. The van der Waals surface area contributed by atoms with Gasteiger partial charge in [-0.25, -0.2) is 0 Å². The largest absolute Gasteiger partial charge is 0.344 e. The number of rotatable bonds is 4. The Balaban J connectivity index is 1.70. The van der Waals surface area contributed by atoms with E-state index in [9.17, 15) is 9.59 Å². The summed E-state index contributed by atoms with van der Waals surface area (Å²) in [6.07, 6.45) is 2.19. The Labute approximate surface area is 125 Å². The fourth-order valence-electron chi connectivity index (χ4n) is 3.00. The molecule has 0 bridgehead atoms. The Morgan fingerprint density at radius 1 is 1.24 bits per heavy atom. The van der Waals surface area contributed by atoms with E-state index in [-0.39, 0.29) is 11.8 Å². The summed E-state index contributed by atoms with van der Waals surface area (Å²) >= 11 is 0. The summed E-state index contributed by atoms with van der Waals surface area (Å²) in [6, 6.07) is 9.45. The van der Waals surface area contributed by atoms with Crippen LogP contribution < -0.4 is 5.32 Å². The lowest BCUT2D eigenvalue weighted by Gasteiger charge is -2.24. The van der Waals surface area contributed by atoms with Crippen molar-refractivity contribution in [2.24, 2.45) is 11.8 Å². The van der Waals surface area contributed by atoms with Crippen LogP contribution in [0.3, 0.4) is 0 Å². The van der Waals surface area contributed by atoms with Gasteiger partial charge in [0.25, 0.3) is 0 Å². The van der Waals surface area contributed by atoms with Crippen molar-refractivity contribution in [3.05, 3.63) is 35.9 Å². The van der Waals surface area contributed by atoms with Crippen LogP contribution in [0.25, 0.3) is 0 Å². The van der Waals surface area contributed by atoms with Crippen LogP contribution in [0.1, 0.15) is 25.3 Å². The summed E-state index contributed by atoms with van der Waals surface area (Å²) < 4.78 is 0. The van der Waals surface area contributed by atoms with Crippen molar-refractivity contribution in [1.82, 2.24) is 10.2 Å². The number of benzene rings is 1. The number of amides is 2. The molecule has 1 aliphatic heterocycles. The first kappa shape index (κ1) is 14.1. The predicted molar refractivity (Wildman–Crippen MR) is 80.5 cm³/mol. The number of nitrogens with zero attached hydrogens (tertiary/aromatic N) is 1. The van der Waals surface area contributed by atoms with Crippen LogP contribution >= 0.6 is 0 Å². The van der Waals surface area contributed by atoms with Crippen molar-refractivity contribution in [2.45, 2.75) is 32.2 Å². The van der Waals surface area contributed by atoms with E-state index in [0.717, 1.165) is 18.0 Å². The zero-order valence-corrected chi connectivity index (χ0v) is 12.4. The zero-order chi connectivity index (χ0) is 14.8. The number of hydrogen-bond acceptors (Lipinski definition) is 2. The zero-order valence-electron chi connectivity index (χ0n) is 12.4. The summed E-state index contributed by atoms with van der Waals surface area (Å²) in [5.74, 6) is 1.40. The van der Waals surface area contributed by atoms with Gasteiger partial charge in [-0.1, -0.05) is 37.3 Å². The van der Waals surface area contributed by atoms with Crippen LogP contribution in [0, 0.1) is 11.8 Å². The molecule has 2 fully saturated rings. The summed E-state index contributed by atoms with van der Waals surface area (Å²) in [5.41, 5.74) is 1.08. The number of nitrogens with one attached hydrogen (secondary N) is 1. The van der Waals surface area contributed by atoms with Gasteiger partial charge in [-0.3, -0.25) is 9.59 Å². The first-order chi connectivity index (χ1) is 10.1. The maximum absolute atomic E-state index is 12.7. The van der Waals surface area contributed by atoms with E-state index in [1.165, 1.54) is 6.42 Å². The highest BCUT2D eigenvalue weighted by Crippen LogP contribution is 2.38. The molecule has 2 aliphatic rings. The van der Waals surface area contributed by atoms with Crippen molar-refractivity contribution in [3.63, 3.8) is 0 Å². The van der Waals surface area contributed by atoms with Gasteiger partial charge in [-0.2, -0.15) is 0 Å². The molecule has 2 amide bonds. The number of carbonyl (C=O) groups excluding carboxylic acids is 2. The van der Waals surface area contributed by atoms with E-state index in [0.29, 0.717) is 25.3 Å². The SMILES string of the molecule is CC1CC1CN1CCC(=O)NC(Cc2ccccc2)C1=O. The smallest absolute Gasteiger partial charge is 0.245 e. The number of hydrogen-bond donors (Lipinski definition) is 1. The van der Waals surface area contributed by atoms with Gasteiger partial charge >= 0.3 is 0 Å². The average molecular weight is 286 g/mol. The molecule has 3 atom stereocenters. The van der Waals surface area contributed by atoms with Gasteiger partial charge < -0.3 is 10.2 Å². The third kappa shape index (κ3) is 3.43. The lowest BCUT2D eigenvalue weighted by atomic mass is 10.0. The van der Waals surface area contributed by atoms with Crippen molar-refractivity contribution in [1.29, 1.82) is 0 Å². The Hall–Kier alpha value is -1.84. The van der Waals surface area contributed by atoms with Gasteiger partial charge in [0.2, 0.25) is 11.8 Å². The molecule has 1 aromatic carbocycles. The molecule has 1 aromatic rings. The molecule has 3 rings (SSSR count). The van der Waals surface area contributed by atoms with E-state index in [1.807, 2.05) is 35.2 Å². The second-order valence-electron chi connectivity index (χ2n) is 6.32. The van der Waals surface area contributed by atoms with Crippen LogP contribution in [0.4, 0.5) is 0 Å². The van der Waals surface area contributed by atoms with Gasteiger partial charge in [0, 0.05) is 25.9 Å². The molecular formula is C17H22N2O2. The summed E-state index contributed by atoms with van der Waals surface area (Å²) in [6.45, 7) is 3.58. The fourth-order valence-corrected chi connectivity index (χ4v) is 3.00. The topological polar surface area (TPSA) is 49.4 Å². The summed E-state index contributed by atoms with van der Waals surface area (Å²) in [7, 11) is 0. The molecule has 1 N–H and O–H groups in total. The van der Waals surface area contributed by atoms with E-state index >= 15 is 0 Å². The van der Waals surface area contributed by atoms with Gasteiger partial charge in [0.15, 0.2) is 0 Å². The van der Waals surface area contributed by atoms with Gasteiger partial charge in [0.1, 0.15) is 6.04 Å². The first-order valence-electron chi connectivity index (χ1n) is 7.75.